The van der Waals surface area contributed by atoms with Crippen molar-refractivity contribution in [3.05, 3.63) is 29.6 Å². The van der Waals surface area contributed by atoms with Gasteiger partial charge >= 0.3 is 0 Å². The van der Waals surface area contributed by atoms with Crippen molar-refractivity contribution in [2.45, 2.75) is 31.8 Å². The van der Waals surface area contributed by atoms with Crippen LogP contribution in [-0.2, 0) is 20.9 Å². The SMILES string of the molecule is O=C(CC1NC(=O)CC(N2CCOCC2)N1)Nc1ccc(F)c(CO)c1. The van der Waals surface area contributed by atoms with Gasteiger partial charge in [-0.1, -0.05) is 0 Å². The van der Waals surface area contributed by atoms with E-state index in [9.17, 15) is 14.0 Å². The molecular formula is C17H23FN4O4. The number of amides is 2. The summed E-state index contributed by atoms with van der Waals surface area (Å²) in [6.07, 6.45) is -0.243. The van der Waals surface area contributed by atoms with Gasteiger partial charge in [-0.25, -0.2) is 4.39 Å². The molecular weight excluding hydrogens is 343 g/mol. The predicted octanol–water partition coefficient (Wildman–Crippen LogP) is -0.259. The molecule has 1 aromatic rings. The van der Waals surface area contributed by atoms with Crippen LogP contribution in [0.15, 0.2) is 18.2 Å². The highest BCUT2D eigenvalue weighted by molar-refractivity contribution is 5.91. The average molecular weight is 366 g/mol. The zero-order chi connectivity index (χ0) is 18.5. The second-order valence-corrected chi connectivity index (χ2v) is 6.37. The van der Waals surface area contributed by atoms with E-state index in [1.807, 2.05) is 0 Å². The van der Waals surface area contributed by atoms with E-state index < -0.39 is 18.6 Å². The van der Waals surface area contributed by atoms with Crippen molar-refractivity contribution in [3.8, 4) is 0 Å². The summed E-state index contributed by atoms with van der Waals surface area (Å²) < 4.78 is 18.7. The van der Waals surface area contributed by atoms with Gasteiger partial charge in [-0.2, -0.15) is 0 Å². The number of hydrogen-bond donors (Lipinski definition) is 4. The minimum Gasteiger partial charge on any atom is -0.392 e. The Hall–Kier alpha value is -2.07. The summed E-state index contributed by atoms with van der Waals surface area (Å²) >= 11 is 0. The molecule has 0 aromatic heterocycles. The molecule has 4 N–H and O–H groups in total. The molecule has 2 saturated heterocycles. The summed E-state index contributed by atoms with van der Waals surface area (Å²) in [5.74, 6) is -0.955. The van der Waals surface area contributed by atoms with E-state index in [2.05, 4.69) is 20.9 Å². The van der Waals surface area contributed by atoms with Crippen molar-refractivity contribution in [3.63, 3.8) is 0 Å². The third kappa shape index (κ3) is 4.76. The Labute approximate surface area is 150 Å². The number of hydrogen-bond acceptors (Lipinski definition) is 6. The molecule has 0 spiro atoms. The zero-order valence-electron chi connectivity index (χ0n) is 14.3. The highest BCUT2D eigenvalue weighted by atomic mass is 19.1. The predicted molar refractivity (Wildman–Crippen MR) is 91.4 cm³/mol. The van der Waals surface area contributed by atoms with Crippen LogP contribution >= 0.6 is 0 Å². The lowest BCUT2D eigenvalue weighted by Crippen LogP contribution is -2.63. The highest BCUT2D eigenvalue weighted by Gasteiger charge is 2.31. The zero-order valence-corrected chi connectivity index (χ0v) is 14.3. The van der Waals surface area contributed by atoms with Crippen molar-refractivity contribution >= 4 is 17.5 Å². The Kier molecular flexibility index (Phi) is 6.15. The number of halogens is 1. The Morgan fingerprint density at radius 1 is 1.38 bits per heavy atom. The molecule has 1 aromatic carbocycles. The van der Waals surface area contributed by atoms with Gasteiger partial charge in [-0.05, 0) is 18.2 Å². The molecule has 2 aliphatic rings. The number of rotatable bonds is 5. The van der Waals surface area contributed by atoms with Crippen molar-refractivity contribution < 1.29 is 23.8 Å². The Morgan fingerprint density at radius 2 is 2.15 bits per heavy atom. The molecule has 26 heavy (non-hydrogen) atoms. The Balaban J connectivity index is 1.56. The molecule has 2 fully saturated rings. The molecule has 0 saturated carbocycles. The average Bonchev–Trinajstić information content (AvgIpc) is 2.63. The second kappa shape index (κ2) is 8.54. The first kappa shape index (κ1) is 18.7. The van der Waals surface area contributed by atoms with E-state index in [4.69, 9.17) is 9.84 Å². The second-order valence-electron chi connectivity index (χ2n) is 6.37. The van der Waals surface area contributed by atoms with Crippen LogP contribution in [0.1, 0.15) is 18.4 Å². The number of carbonyl (C=O) groups excluding carboxylic acids is 2. The topological polar surface area (TPSA) is 103 Å². The summed E-state index contributed by atoms with van der Waals surface area (Å²) in [7, 11) is 0. The van der Waals surface area contributed by atoms with Gasteiger partial charge in [0, 0.05) is 24.3 Å². The monoisotopic (exact) mass is 366 g/mol. The number of morpholine rings is 1. The van der Waals surface area contributed by atoms with Crippen LogP contribution in [0.5, 0.6) is 0 Å². The highest BCUT2D eigenvalue weighted by Crippen LogP contribution is 2.16. The number of anilines is 1. The number of nitrogens with one attached hydrogen (secondary N) is 3. The molecule has 142 valence electrons. The summed E-state index contributed by atoms with van der Waals surface area (Å²) in [5, 5.41) is 17.8. The van der Waals surface area contributed by atoms with Crippen LogP contribution in [0.2, 0.25) is 0 Å². The Morgan fingerprint density at radius 3 is 2.88 bits per heavy atom. The van der Waals surface area contributed by atoms with E-state index in [0.717, 1.165) is 13.1 Å². The maximum atomic E-state index is 13.4. The normalized spacial score (nSPS) is 24.2. The van der Waals surface area contributed by atoms with Gasteiger partial charge in [0.05, 0.1) is 45.0 Å². The lowest BCUT2D eigenvalue weighted by Gasteiger charge is -2.40. The van der Waals surface area contributed by atoms with Crippen molar-refractivity contribution in [2.24, 2.45) is 0 Å². The van der Waals surface area contributed by atoms with E-state index in [1.165, 1.54) is 18.2 Å². The molecule has 9 heteroatoms. The van der Waals surface area contributed by atoms with Gasteiger partial charge in [-0.15, -0.1) is 0 Å². The van der Waals surface area contributed by atoms with Crippen LogP contribution in [-0.4, -0.2) is 60.5 Å². The van der Waals surface area contributed by atoms with Gasteiger partial charge in [0.2, 0.25) is 11.8 Å². The Bertz CT molecular complexity index is 666. The molecule has 2 heterocycles. The first-order valence-electron chi connectivity index (χ1n) is 8.61. The summed E-state index contributed by atoms with van der Waals surface area (Å²) in [4.78, 5) is 26.4. The summed E-state index contributed by atoms with van der Waals surface area (Å²) in [6.45, 7) is 2.29. The molecule has 3 rings (SSSR count). The number of aliphatic hydroxyl groups excluding tert-OH is 1. The summed E-state index contributed by atoms with van der Waals surface area (Å²) in [6, 6.07) is 4.00. The first-order valence-corrected chi connectivity index (χ1v) is 8.61. The summed E-state index contributed by atoms with van der Waals surface area (Å²) in [5.41, 5.74) is 0.506. The third-order valence-corrected chi connectivity index (χ3v) is 4.48. The molecule has 2 aliphatic heterocycles. The number of benzene rings is 1. The van der Waals surface area contributed by atoms with E-state index in [1.54, 1.807) is 0 Å². The van der Waals surface area contributed by atoms with Gasteiger partial charge in [0.15, 0.2) is 0 Å². The van der Waals surface area contributed by atoms with Crippen LogP contribution in [0.4, 0.5) is 10.1 Å². The number of aliphatic hydroxyl groups is 1. The molecule has 8 nitrogen and oxygen atoms in total. The van der Waals surface area contributed by atoms with Gasteiger partial charge in [0.1, 0.15) is 5.82 Å². The fraction of sp³-hybridized carbons (Fsp3) is 0.529. The van der Waals surface area contributed by atoms with E-state index in [0.29, 0.717) is 25.3 Å². The molecule has 0 aliphatic carbocycles. The number of nitrogens with zero attached hydrogens (tertiary/aromatic N) is 1. The lowest BCUT2D eigenvalue weighted by atomic mass is 10.1. The maximum Gasteiger partial charge on any atom is 0.227 e. The number of ether oxygens (including phenoxy) is 1. The fourth-order valence-electron chi connectivity index (χ4n) is 3.17. The van der Waals surface area contributed by atoms with Crippen LogP contribution in [0.3, 0.4) is 0 Å². The van der Waals surface area contributed by atoms with Crippen LogP contribution < -0.4 is 16.0 Å². The maximum absolute atomic E-state index is 13.4. The lowest BCUT2D eigenvalue weighted by molar-refractivity contribution is -0.128. The fourth-order valence-corrected chi connectivity index (χ4v) is 3.17. The molecule has 2 amide bonds. The van der Waals surface area contributed by atoms with Crippen molar-refractivity contribution in [2.75, 3.05) is 31.6 Å². The quantitative estimate of drug-likeness (QED) is 0.573. The van der Waals surface area contributed by atoms with Gasteiger partial charge in [0.25, 0.3) is 0 Å². The molecule has 2 unspecified atom stereocenters. The minimum absolute atomic E-state index is 0.0401. The van der Waals surface area contributed by atoms with E-state index in [-0.39, 0.29) is 30.0 Å². The first-order chi connectivity index (χ1) is 12.5. The van der Waals surface area contributed by atoms with Crippen LogP contribution in [0.25, 0.3) is 0 Å². The van der Waals surface area contributed by atoms with Gasteiger partial charge in [-0.3, -0.25) is 19.8 Å². The number of carbonyl (C=O) groups is 2. The smallest absolute Gasteiger partial charge is 0.227 e. The molecule has 0 radical (unpaired) electrons. The largest absolute Gasteiger partial charge is 0.392 e. The third-order valence-electron chi connectivity index (χ3n) is 4.48. The standard InChI is InChI=1S/C17H23FN4O4/c18-13-2-1-12(7-11(13)10-23)19-16(24)8-14-20-15(9-17(25)21-14)22-3-5-26-6-4-22/h1-2,7,14-15,20,23H,3-6,8-10H2,(H,19,24)(H,21,25). The van der Waals surface area contributed by atoms with Gasteiger partial charge < -0.3 is 20.5 Å². The molecule has 2 atom stereocenters. The van der Waals surface area contributed by atoms with E-state index >= 15 is 0 Å². The van der Waals surface area contributed by atoms with Crippen LogP contribution in [0, 0.1) is 5.82 Å². The van der Waals surface area contributed by atoms with Crippen molar-refractivity contribution in [1.82, 2.24) is 15.5 Å². The molecule has 0 bridgehead atoms. The minimum atomic E-state index is -0.528. The van der Waals surface area contributed by atoms with Crippen molar-refractivity contribution in [1.29, 1.82) is 0 Å².